The Balaban J connectivity index is 1.94. The molecule has 23 heavy (non-hydrogen) atoms. The Kier molecular flexibility index (Phi) is 3.80. The molecule has 0 spiro atoms. The smallest absolute Gasteiger partial charge is 0.259 e. The lowest BCUT2D eigenvalue weighted by Gasteiger charge is -2.17. The molecule has 7 heteroatoms. The zero-order valence-corrected chi connectivity index (χ0v) is 12.3. The van der Waals surface area contributed by atoms with Gasteiger partial charge in [0.05, 0.1) is 23.6 Å². The molecular weight excluding hydrogens is 292 g/mol. The summed E-state index contributed by atoms with van der Waals surface area (Å²) in [5, 5.41) is 16.8. The van der Waals surface area contributed by atoms with Gasteiger partial charge < -0.3 is 0 Å². The molecule has 0 bridgehead atoms. The molecule has 0 aliphatic heterocycles. The van der Waals surface area contributed by atoms with Crippen LogP contribution in [-0.2, 0) is 0 Å². The first-order chi connectivity index (χ1) is 11.2. The fourth-order valence-electron chi connectivity index (χ4n) is 2.17. The van der Waals surface area contributed by atoms with E-state index in [2.05, 4.69) is 15.3 Å². The number of benzene rings is 1. The van der Waals surface area contributed by atoms with Gasteiger partial charge in [-0.15, -0.1) is 5.10 Å². The Hall–Kier alpha value is -3.53. The van der Waals surface area contributed by atoms with Crippen molar-refractivity contribution >= 4 is 11.7 Å². The first kappa shape index (κ1) is 14.4. The van der Waals surface area contributed by atoms with E-state index in [1.807, 2.05) is 12.1 Å². The lowest BCUT2D eigenvalue weighted by molar-refractivity contribution is 0.0992. The van der Waals surface area contributed by atoms with E-state index in [1.54, 1.807) is 60.7 Å². The van der Waals surface area contributed by atoms with Gasteiger partial charge in [0.1, 0.15) is 6.07 Å². The summed E-state index contributed by atoms with van der Waals surface area (Å²) in [5.41, 5.74) is 1.54. The molecule has 0 fully saturated rings. The van der Waals surface area contributed by atoms with E-state index in [9.17, 15) is 4.79 Å². The van der Waals surface area contributed by atoms with Gasteiger partial charge in [-0.2, -0.15) is 5.26 Å². The fourth-order valence-corrected chi connectivity index (χ4v) is 2.17. The van der Waals surface area contributed by atoms with Crippen molar-refractivity contribution in [3.63, 3.8) is 0 Å². The zero-order chi connectivity index (χ0) is 16.2. The van der Waals surface area contributed by atoms with Crippen molar-refractivity contribution in [2.45, 2.75) is 0 Å². The third-order valence-corrected chi connectivity index (χ3v) is 3.31. The maximum atomic E-state index is 12.7. The number of carbonyl (C=O) groups excluding carboxylic acids is 1. The lowest BCUT2D eigenvalue weighted by atomic mass is 10.1. The van der Waals surface area contributed by atoms with Crippen LogP contribution in [0.1, 0.15) is 15.9 Å². The molecule has 7 nitrogen and oxygen atoms in total. The molecule has 0 saturated carbocycles. The number of pyridine rings is 1. The Morgan fingerprint density at radius 2 is 2.13 bits per heavy atom. The summed E-state index contributed by atoms with van der Waals surface area (Å²) in [4.78, 5) is 18.1. The third-order valence-electron chi connectivity index (χ3n) is 3.31. The highest BCUT2D eigenvalue weighted by atomic mass is 16.2. The van der Waals surface area contributed by atoms with Crippen molar-refractivity contribution in [1.82, 2.24) is 20.0 Å². The van der Waals surface area contributed by atoms with Crippen LogP contribution in [0, 0.1) is 11.3 Å². The molecule has 0 N–H and O–H groups in total. The Morgan fingerprint density at radius 3 is 2.87 bits per heavy atom. The molecule has 2 aromatic heterocycles. The van der Waals surface area contributed by atoms with Crippen LogP contribution in [0.2, 0.25) is 0 Å². The van der Waals surface area contributed by atoms with Crippen molar-refractivity contribution in [3.8, 4) is 11.8 Å². The number of carbonyl (C=O) groups is 1. The maximum absolute atomic E-state index is 12.7. The van der Waals surface area contributed by atoms with E-state index >= 15 is 0 Å². The predicted octanol–water partition coefficient (Wildman–Crippen LogP) is 1.81. The van der Waals surface area contributed by atoms with Crippen LogP contribution in [0.15, 0.2) is 55.0 Å². The number of amides is 1. The second-order valence-corrected chi connectivity index (χ2v) is 4.75. The fraction of sp³-hybridized carbons (Fsp3) is 0.0625. The third kappa shape index (κ3) is 2.78. The molecule has 0 aliphatic rings. The number of hydrogen-bond acceptors (Lipinski definition) is 5. The average molecular weight is 304 g/mol. The van der Waals surface area contributed by atoms with Gasteiger partial charge in [0, 0.05) is 18.8 Å². The summed E-state index contributed by atoms with van der Waals surface area (Å²) in [7, 11) is 1.59. The van der Waals surface area contributed by atoms with Crippen LogP contribution in [0.5, 0.6) is 0 Å². The lowest BCUT2D eigenvalue weighted by Crippen LogP contribution is -2.28. The summed E-state index contributed by atoms with van der Waals surface area (Å²) in [5.74, 6) is 0.0633. The largest absolute Gasteiger partial charge is 0.295 e. The van der Waals surface area contributed by atoms with E-state index in [0.717, 1.165) is 5.69 Å². The number of aromatic nitrogens is 4. The topological polar surface area (TPSA) is 87.7 Å². The zero-order valence-electron chi connectivity index (χ0n) is 12.3. The Labute approximate surface area is 132 Å². The van der Waals surface area contributed by atoms with Gasteiger partial charge in [-0.1, -0.05) is 11.3 Å². The van der Waals surface area contributed by atoms with E-state index < -0.39 is 0 Å². The highest BCUT2D eigenvalue weighted by Crippen LogP contribution is 2.18. The molecule has 0 unspecified atom stereocenters. The van der Waals surface area contributed by atoms with Gasteiger partial charge in [-0.25, -0.2) is 9.67 Å². The van der Waals surface area contributed by atoms with Crippen molar-refractivity contribution in [1.29, 1.82) is 5.26 Å². The van der Waals surface area contributed by atoms with Gasteiger partial charge in [0.2, 0.25) is 0 Å². The van der Waals surface area contributed by atoms with E-state index in [4.69, 9.17) is 5.26 Å². The van der Waals surface area contributed by atoms with E-state index in [1.165, 1.54) is 4.90 Å². The molecule has 1 amide bonds. The number of nitrogens with zero attached hydrogens (tertiary/aromatic N) is 6. The summed E-state index contributed by atoms with van der Waals surface area (Å²) in [6, 6.07) is 12.3. The highest BCUT2D eigenvalue weighted by molar-refractivity contribution is 6.06. The molecule has 0 saturated heterocycles. The number of hydrogen-bond donors (Lipinski definition) is 0. The van der Waals surface area contributed by atoms with Gasteiger partial charge in [-0.05, 0) is 30.3 Å². The molecule has 0 atom stereocenters. The minimum atomic E-state index is -0.262. The van der Waals surface area contributed by atoms with Crippen LogP contribution in [0.25, 0.3) is 5.69 Å². The average Bonchev–Trinajstić information content (AvgIpc) is 3.15. The molecule has 0 aliphatic carbocycles. The quantitative estimate of drug-likeness (QED) is 0.736. The molecule has 112 valence electrons. The van der Waals surface area contributed by atoms with Crippen molar-refractivity contribution in [3.05, 3.63) is 66.1 Å². The molecular formula is C16H12N6O. The van der Waals surface area contributed by atoms with Crippen LogP contribution >= 0.6 is 0 Å². The van der Waals surface area contributed by atoms with Crippen molar-refractivity contribution < 1.29 is 4.79 Å². The number of anilines is 1. The Morgan fingerprint density at radius 1 is 1.26 bits per heavy atom. The van der Waals surface area contributed by atoms with Gasteiger partial charge in [-0.3, -0.25) is 9.69 Å². The van der Waals surface area contributed by atoms with Crippen LogP contribution in [0.4, 0.5) is 5.82 Å². The first-order valence-electron chi connectivity index (χ1n) is 6.80. The van der Waals surface area contributed by atoms with Crippen molar-refractivity contribution in [2.75, 3.05) is 11.9 Å². The first-order valence-corrected chi connectivity index (χ1v) is 6.80. The minimum Gasteiger partial charge on any atom is -0.295 e. The molecule has 3 rings (SSSR count). The molecule has 1 aromatic carbocycles. The molecule has 0 radical (unpaired) electrons. The van der Waals surface area contributed by atoms with E-state index in [-0.39, 0.29) is 5.91 Å². The summed E-state index contributed by atoms with van der Waals surface area (Å²) >= 11 is 0. The van der Waals surface area contributed by atoms with Crippen LogP contribution < -0.4 is 4.90 Å². The van der Waals surface area contributed by atoms with E-state index in [0.29, 0.717) is 16.9 Å². The van der Waals surface area contributed by atoms with Gasteiger partial charge in [0.25, 0.3) is 5.91 Å². The van der Waals surface area contributed by atoms with Crippen LogP contribution in [0.3, 0.4) is 0 Å². The summed E-state index contributed by atoms with van der Waals surface area (Å²) in [6.45, 7) is 0. The number of nitriles is 1. The molecule has 2 heterocycles. The van der Waals surface area contributed by atoms with Gasteiger partial charge >= 0.3 is 0 Å². The summed E-state index contributed by atoms with van der Waals surface area (Å²) < 4.78 is 1.57. The Bertz CT molecular complexity index is 882. The second-order valence-electron chi connectivity index (χ2n) is 4.75. The summed E-state index contributed by atoms with van der Waals surface area (Å²) in [6.07, 6.45) is 4.80. The highest BCUT2D eigenvalue weighted by Gasteiger charge is 2.18. The number of rotatable bonds is 3. The van der Waals surface area contributed by atoms with Crippen LogP contribution in [-0.4, -0.2) is 32.9 Å². The SMILES string of the molecule is CN(C(=O)c1cccc(-n2ccnn2)c1)c1ncccc1C#N. The minimum absolute atomic E-state index is 0.262. The predicted molar refractivity (Wildman–Crippen MR) is 83.0 cm³/mol. The second kappa shape index (κ2) is 6.07. The normalized spacial score (nSPS) is 10.1. The van der Waals surface area contributed by atoms with Crippen molar-refractivity contribution in [2.24, 2.45) is 0 Å². The monoisotopic (exact) mass is 304 g/mol. The van der Waals surface area contributed by atoms with Gasteiger partial charge in [0.15, 0.2) is 5.82 Å². The maximum Gasteiger partial charge on any atom is 0.259 e. The standard InChI is InChI=1S/C16H12N6O/c1-21(15-13(11-17)5-3-7-18-15)16(23)12-4-2-6-14(10-12)22-9-8-19-20-22/h2-10H,1H3. The molecule has 3 aromatic rings.